The van der Waals surface area contributed by atoms with E-state index in [4.69, 9.17) is 9.15 Å². The Balaban J connectivity index is 2.06. The molecule has 2 amide bonds. The number of furan rings is 1. The highest BCUT2D eigenvalue weighted by molar-refractivity contribution is 5.97. The molecule has 1 aliphatic heterocycles. The Hall–Kier alpha value is -2.43. The number of methoxy groups -OCH3 is 1. The Morgan fingerprint density at radius 3 is 2.91 bits per heavy atom. The van der Waals surface area contributed by atoms with Crippen molar-refractivity contribution in [1.82, 2.24) is 10.6 Å². The minimum absolute atomic E-state index is 0.177. The van der Waals surface area contributed by atoms with E-state index < -0.39 is 0 Å². The molecule has 2 aromatic rings. The molecule has 5 nitrogen and oxygen atoms in total. The van der Waals surface area contributed by atoms with Crippen LogP contribution in [0.1, 0.15) is 31.1 Å². The lowest BCUT2D eigenvalue weighted by Gasteiger charge is -2.16. The fourth-order valence-corrected chi connectivity index (χ4v) is 2.67. The minimum Gasteiger partial charge on any atom is -0.493 e. The summed E-state index contributed by atoms with van der Waals surface area (Å²) in [7, 11) is 1.64. The molecule has 5 heteroatoms. The summed E-state index contributed by atoms with van der Waals surface area (Å²) in [6.07, 6.45) is 4.89. The predicted octanol–water partition coefficient (Wildman–Crippen LogP) is 3.44. The van der Waals surface area contributed by atoms with Crippen molar-refractivity contribution < 1.29 is 13.9 Å². The number of carbonyl (C=O) groups excluding carboxylic acids is 1. The SMILES string of the molecule is CCCCc1cc2c(C3=CNC(=O)NC3)ccc(OC)c2o1. The summed E-state index contributed by atoms with van der Waals surface area (Å²) in [5.74, 6) is 1.70. The molecule has 2 heterocycles. The number of unbranched alkanes of at least 4 members (excludes halogenated alkanes) is 1. The number of ether oxygens (including phenoxy) is 1. The van der Waals surface area contributed by atoms with Crippen LogP contribution in [0.2, 0.25) is 0 Å². The van der Waals surface area contributed by atoms with Gasteiger partial charge in [-0.2, -0.15) is 0 Å². The van der Waals surface area contributed by atoms with Crippen LogP contribution in [0.25, 0.3) is 16.5 Å². The predicted molar refractivity (Wildman–Crippen MR) is 85.9 cm³/mol. The van der Waals surface area contributed by atoms with Gasteiger partial charge in [-0.15, -0.1) is 0 Å². The summed E-state index contributed by atoms with van der Waals surface area (Å²) in [6, 6.07) is 5.82. The van der Waals surface area contributed by atoms with E-state index in [1.807, 2.05) is 12.1 Å². The molecule has 0 bridgehead atoms. The number of benzene rings is 1. The fourth-order valence-electron chi connectivity index (χ4n) is 2.67. The average molecular weight is 300 g/mol. The molecule has 3 rings (SSSR count). The van der Waals surface area contributed by atoms with Gasteiger partial charge in [-0.25, -0.2) is 4.79 Å². The molecule has 0 fully saturated rings. The van der Waals surface area contributed by atoms with E-state index in [1.165, 1.54) is 0 Å². The first kappa shape index (κ1) is 14.5. The number of urea groups is 1. The maximum absolute atomic E-state index is 11.2. The van der Waals surface area contributed by atoms with Crippen LogP contribution < -0.4 is 15.4 Å². The number of hydrogen-bond acceptors (Lipinski definition) is 3. The third-order valence-electron chi connectivity index (χ3n) is 3.86. The Labute approximate surface area is 129 Å². The number of nitrogens with one attached hydrogen (secondary N) is 2. The zero-order chi connectivity index (χ0) is 15.5. The average Bonchev–Trinajstić information content (AvgIpc) is 2.97. The molecule has 22 heavy (non-hydrogen) atoms. The maximum Gasteiger partial charge on any atom is 0.319 e. The Morgan fingerprint density at radius 2 is 2.23 bits per heavy atom. The second-order valence-electron chi connectivity index (χ2n) is 5.37. The van der Waals surface area contributed by atoms with Gasteiger partial charge in [0, 0.05) is 24.6 Å². The van der Waals surface area contributed by atoms with E-state index in [1.54, 1.807) is 13.3 Å². The molecule has 116 valence electrons. The largest absolute Gasteiger partial charge is 0.493 e. The molecule has 2 N–H and O–H groups in total. The van der Waals surface area contributed by atoms with Gasteiger partial charge in [0.15, 0.2) is 11.3 Å². The third-order valence-corrected chi connectivity index (χ3v) is 3.86. The molecule has 1 aliphatic rings. The molecule has 0 unspecified atom stereocenters. The summed E-state index contributed by atoms with van der Waals surface area (Å²) in [5.41, 5.74) is 2.84. The van der Waals surface area contributed by atoms with Crippen LogP contribution in [0, 0.1) is 0 Å². The maximum atomic E-state index is 11.2. The molecule has 0 saturated carbocycles. The number of rotatable bonds is 5. The molecular formula is C17H20N2O3. The van der Waals surface area contributed by atoms with Gasteiger partial charge in [0.1, 0.15) is 5.76 Å². The van der Waals surface area contributed by atoms with Crippen LogP contribution in [0.15, 0.2) is 28.8 Å². The van der Waals surface area contributed by atoms with Gasteiger partial charge in [0.2, 0.25) is 0 Å². The van der Waals surface area contributed by atoms with Crippen molar-refractivity contribution in [2.24, 2.45) is 0 Å². The molecule has 1 aromatic heterocycles. The van der Waals surface area contributed by atoms with Crippen molar-refractivity contribution in [3.63, 3.8) is 0 Å². The van der Waals surface area contributed by atoms with Crippen molar-refractivity contribution in [2.75, 3.05) is 13.7 Å². The first-order valence-corrected chi connectivity index (χ1v) is 7.56. The van der Waals surface area contributed by atoms with Gasteiger partial charge < -0.3 is 19.8 Å². The molecule has 0 atom stereocenters. The summed E-state index contributed by atoms with van der Waals surface area (Å²) < 4.78 is 11.4. The zero-order valence-electron chi connectivity index (χ0n) is 12.9. The van der Waals surface area contributed by atoms with E-state index in [0.29, 0.717) is 6.54 Å². The highest BCUT2D eigenvalue weighted by Crippen LogP contribution is 2.35. The fraction of sp³-hybridized carbons (Fsp3) is 0.353. The lowest BCUT2D eigenvalue weighted by atomic mass is 10.0. The van der Waals surface area contributed by atoms with Crippen molar-refractivity contribution in [2.45, 2.75) is 26.2 Å². The minimum atomic E-state index is -0.177. The molecular weight excluding hydrogens is 280 g/mol. The smallest absolute Gasteiger partial charge is 0.319 e. The molecule has 0 radical (unpaired) electrons. The molecule has 0 aliphatic carbocycles. The lowest BCUT2D eigenvalue weighted by Crippen LogP contribution is -2.37. The number of carbonyl (C=O) groups is 1. The van der Waals surface area contributed by atoms with Crippen LogP contribution in [0.5, 0.6) is 5.75 Å². The number of aryl methyl sites for hydroxylation is 1. The van der Waals surface area contributed by atoms with Crippen LogP contribution in [0.3, 0.4) is 0 Å². The number of fused-ring (bicyclic) bond motifs is 1. The van der Waals surface area contributed by atoms with Gasteiger partial charge in [0.25, 0.3) is 0 Å². The summed E-state index contributed by atoms with van der Waals surface area (Å²) in [5, 5.41) is 6.50. The van der Waals surface area contributed by atoms with E-state index in [2.05, 4.69) is 23.6 Å². The zero-order valence-corrected chi connectivity index (χ0v) is 12.9. The van der Waals surface area contributed by atoms with Crippen molar-refractivity contribution >= 4 is 22.6 Å². The van der Waals surface area contributed by atoms with Crippen molar-refractivity contribution in [3.05, 3.63) is 35.7 Å². The summed E-state index contributed by atoms with van der Waals surface area (Å²) >= 11 is 0. The second kappa shape index (κ2) is 6.13. The van der Waals surface area contributed by atoms with Gasteiger partial charge in [-0.1, -0.05) is 19.4 Å². The third kappa shape index (κ3) is 2.66. The van der Waals surface area contributed by atoms with E-state index in [-0.39, 0.29) is 6.03 Å². The molecule has 0 spiro atoms. The van der Waals surface area contributed by atoms with Crippen LogP contribution >= 0.6 is 0 Å². The Kier molecular flexibility index (Phi) is 4.04. The first-order chi connectivity index (χ1) is 10.7. The first-order valence-electron chi connectivity index (χ1n) is 7.56. The van der Waals surface area contributed by atoms with Gasteiger partial charge >= 0.3 is 6.03 Å². The monoisotopic (exact) mass is 300 g/mol. The van der Waals surface area contributed by atoms with Crippen LogP contribution in [0.4, 0.5) is 4.79 Å². The van der Waals surface area contributed by atoms with E-state index in [0.717, 1.165) is 52.9 Å². The van der Waals surface area contributed by atoms with Crippen LogP contribution in [-0.2, 0) is 6.42 Å². The lowest BCUT2D eigenvalue weighted by molar-refractivity contribution is 0.244. The number of hydrogen-bond donors (Lipinski definition) is 2. The van der Waals surface area contributed by atoms with Gasteiger partial charge in [-0.05, 0) is 29.7 Å². The highest BCUT2D eigenvalue weighted by Gasteiger charge is 2.17. The van der Waals surface area contributed by atoms with Crippen molar-refractivity contribution in [1.29, 1.82) is 0 Å². The summed E-state index contributed by atoms with van der Waals surface area (Å²) in [6.45, 7) is 2.67. The second-order valence-corrected chi connectivity index (χ2v) is 5.37. The Bertz CT molecular complexity index is 731. The van der Waals surface area contributed by atoms with Gasteiger partial charge in [-0.3, -0.25) is 0 Å². The molecule has 1 aromatic carbocycles. The molecule has 0 saturated heterocycles. The normalized spacial score (nSPS) is 14.5. The highest BCUT2D eigenvalue weighted by atomic mass is 16.5. The Morgan fingerprint density at radius 1 is 1.36 bits per heavy atom. The van der Waals surface area contributed by atoms with E-state index >= 15 is 0 Å². The topological polar surface area (TPSA) is 63.5 Å². The van der Waals surface area contributed by atoms with Gasteiger partial charge in [0.05, 0.1) is 7.11 Å². The van der Waals surface area contributed by atoms with Crippen LogP contribution in [-0.4, -0.2) is 19.7 Å². The van der Waals surface area contributed by atoms with E-state index in [9.17, 15) is 4.79 Å². The quantitative estimate of drug-likeness (QED) is 0.889. The van der Waals surface area contributed by atoms with Crippen molar-refractivity contribution in [3.8, 4) is 5.75 Å². The number of amides is 2. The summed E-state index contributed by atoms with van der Waals surface area (Å²) in [4.78, 5) is 11.2. The standard InChI is InChI=1S/C17H20N2O3/c1-3-4-5-12-8-14-13(11-9-18-17(20)19-10-11)6-7-15(21-2)16(14)22-12/h6-9H,3-5,10H2,1-2H3,(H2,18,19,20).